The van der Waals surface area contributed by atoms with Gasteiger partial charge in [-0.3, -0.25) is 9.36 Å². The van der Waals surface area contributed by atoms with Gasteiger partial charge in [-0.25, -0.2) is 4.98 Å². The maximum absolute atomic E-state index is 12.7. The first-order valence-electron chi connectivity index (χ1n) is 7.00. The molecule has 0 N–H and O–H groups in total. The summed E-state index contributed by atoms with van der Waals surface area (Å²) in [7, 11) is 2.99. The van der Waals surface area contributed by atoms with E-state index < -0.39 is 5.97 Å². The molecule has 0 bridgehead atoms. The number of methoxy groups -OCH3 is 2. The summed E-state index contributed by atoms with van der Waals surface area (Å²) in [6.07, 6.45) is 1.38. The van der Waals surface area contributed by atoms with Gasteiger partial charge in [0.15, 0.2) is 11.5 Å². The van der Waals surface area contributed by atoms with E-state index in [0.717, 1.165) is 0 Å². The number of fused-ring (bicyclic) bond motifs is 1. The lowest BCUT2D eigenvalue weighted by Crippen LogP contribution is -2.22. The summed E-state index contributed by atoms with van der Waals surface area (Å²) in [6.45, 7) is 0. The van der Waals surface area contributed by atoms with Gasteiger partial charge in [0.2, 0.25) is 0 Å². The van der Waals surface area contributed by atoms with Crippen LogP contribution in [0.1, 0.15) is 10.4 Å². The predicted molar refractivity (Wildman–Crippen MR) is 84.8 cm³/mol. The number of carboxylic acid groups (broad SMARTS) is 1. The number of benzene rings is 2. The van der Waals surface area contributed by atoms with E-state index in [2.05, 4.69) is 4.98 Å². The second kappa shape index (κ2) is 6.04. The van der Waals surface area contributed by atoms with Crippen LogP contribution in [0, 0.1) is 0 Å². The standard InChI is InChI=1S/C17H14N2O5/c1-23-14-7-12-13(8-15(14)24-2)18-9-19(16(12)20)11-5-3-10(4-6-11)17(21)22/h3-9H,1-2H3,(H,21,22)/p-1. The minimum atomic E-state index is -1.28. The molecule has 1 heterocycles. The van der Waals surface area contributed by atoms with Crippen LogP contribution in [0.3, 0.4) is 0 Å². The molecule has 0 aliphatic rings. The average Bonchev–Trinajstić information content (AvgIpc) is 2.61. The fourth-order valence-electron chi connectivity index (χ4n) is 2.39. The molecule has 24 heavy (non-hydrogen) atoms. The van der Waals surface area contributed by atoms with Gasteiger partial charge in [-0.1, -0.05) is 12.1 Å². The van der Waals surface area contributed by atoms with E-state index in [1.54, 1.807) is 12.1 Å². The van der Waals surface area contributed by atoms with Crippen molar-refractivity contribution in [1.29, 1.82) is 0 Å². The summed E-state index contributed by atoms with van der Waals surface area (Å²) in [5.41, 5.74) is 0.698. The third-order valence-electron chi connectivity index (χ3n) is 3.64. The van der Waals surface area contributed by atoms with Crippen molar-refractivity contribution in [3.8, 4) is 17.2 Å². The third kappa shape index (κ3) is 2.56. The van der Waals surface area contributed by atoms with Crippen LogP contribution in [0.15, 0.2) is 47.5 Å². The Bertz CT molecular complexity index is 977. The topological polar surface area (TPSA) is 93.5 Å². The van der Waals surface area contributed by atoms with Gasteiger partial charge < -0.3 is 19.4 Å². The Morgan fingerprint density at radius 1 is 1.08 bits per heavy atom. The molecule has 3 rings (SSSR count). The molecule has 0 saturated carbocycles. The first kappa shape index (κ1) is 15.5. The average molecular weight is 325 g/mol. The number of ether oxygens (including phenoxy) is 2. The molecule has 0 radical (unpaired) electrons. The lowest BCUT2D eigenvalue weighted by atomic mass is 10.2. The molecule has 1 aromatic heterocycles. The number of carbonyl (C=O) groups excluding carboxylic acids is 1. The van der Waals surface area contributed by atoms with Gasteiger partial charge in [0.05, 0.1) is 36.8 Å². The molecule has 0 aliphatic carbocycles. The van der Waals surface area contributed by atoms with Gasteiger partial charge in [0.1, 0.15) is 6.33 Å². The summed E-state index contributed by atoms with van der Waals surface area (Å²) in [5, 5.41) is 11.2. The SMILES string of the molecule is COc1cc2ncn(-c3ccc(C(=O)[O-])cc3)c(=O)c2cc1OC. The molecule has 122 valence electrons. The normalized spacial score (nSPS) is 10.6. The Hall–Kier alpha value is -3.35. The number of rotatable bonds is 4. The molecule has 7 heteroatoms. The molecule has 0 spiro atoms. The van der Waals surface area contributed by atoms with Crippen molar-refractivity contribution in [1.82, 2.24) is 9.55 Å². The van der Waals surface area contributed by atoms with Crippen molar-refractivity contribution in [2.45, 2.75) is 0 Å². The van der Waals surface area contributed by atoms with Crippen LogP contribution in [0.25, 0.3) is 16.6 Å². The molecule has 0 saturated heterocycles. The van der Waals surface area contributed by atoms with Crippen molar-refractivity contribution < 1.29 is 19.4 Å². The highest BCUT2D eigenvalue weighted by atomic mass is 16.5. The van der Waals surface area contributed by atoms with Crippen LogP contribution in [0.4, 0.5) is 0 Å². The van der Waals surface area contributed by atoms with Gasteiger partial charge >= 0.3 is 0 Å². The molecule has 0 aliphatic heterocycles. The van der Waals surface area contributed by atoms with Crippen LogP contribution < -0.4 is 20.1 Å². The van der Waals surface area contributed by atoms with Crippen molar-refractivity contribution in [3.63, 3.8) is 0 Å². The Labute approximate surface area is 136 Å². The molecule has 2 aromatic carbocycles. The minimum absolute atomic E-state index is 0.0342. The smallest absolute Gasteiger partial charge is 0.265 e. The second-order valence-electron chi connectivity index (χ2n) is 4.98. The van der Waals surface area contributed by atoms with E-state index in [0.29, 0.717) is 28.1 Å². The summed E-state index contributed by atoms with van der Waals surface area (Å²) < 4.78 is 11.7. The van der Waals surface area contributed by atoms with Crippen LogP contribution >= 0.6 is 0 Å². The van der Waals surface area contributed by atoms with Crippen LogP contribution in [0.5, 0.6) is 11.5 Å². The van der Waals surface area contributed by atoms with E-state index >= 15 is 0 Å². The Morgan fingerprint density at radius 3 is 2.29 bits per heavy atom. The molecule has 0 atom stereocenters. The van der Waals surface area contributed by atoms with Crippen LogP contribution in [0.2, 0.25) is 0 Å². The van der Waals surface area contributed by atoms with Gasteiger partial charge in [-0.2, -0.15) is 0 Å². The minimum Gasteiger partial charge on any atom is -0.545 e. The predicted octanol–water partition coefficient (Wildman–Crippen LogP) is 0.766. The first-order chi connectivity index (χ1) is 11.5. The number of aromatic carboxylic acids is 1. The highest BCUT2D eigenvalue weighted by molar-refractivity contribution is 5.86. The van der Waals surface area contributed by atoms with E-state index in [1.807, 2.05) is 0 Å². The third-order valence-corrected chi connectivity index (χ3v) is 3.64. The first-order valence-corrected chi connectivity index (χ1v) is 7.00. The van der Waals surface area contributed by atoms with Gasteiger partial charge in [-0.15, -0.1) is 0 Å². The maximum Gasteiger partial charge on any atom is 0.265 e. The number of aromatic nitrogens is 2. The van der Waals surface area contributed by atoms with E-state index in [1.165, 1.54) is 49.4 Å². The highest BCUT2D eigenvalue weighted by Gasteiger charge is 2.11. The number of hydrogen-bond donors (Lipinski definition) is 0. The van der Waals surface area contributed by atoms with Crippen molar-refractivity contribution >= 4 is 16.9 Å². The molecular formula is C17H13N2O5-. The molecule has 0 fully saturated rings. The lowest BCUT2D eigenvalue weighted by Gasteiger charge is -2.11. The number of nitrogens with zero attached hydrogens (tertiary/aromatic N) is 2. The summed E-state index contributed by atoms with van der Waals surface area (Å²) in [5.74, 6) is -0.371. The highest BCUT2D eigenvalue weighted by Crippen LogP contribution is 2.29. The molecule has 0 amide bonds. The van der Waals surface area contributed by atoms with Gasteiger partial charge in [0, 0.05) is 6.07 Å². The van der Waals surface area contributed by atoms with E-state index in [9.17, 15) is 14.7 Å². The van der Waals surface area contributed by atoms with Crippen molar-refractivity contribution in [2.24, 2.45) is 0 Å². The summed E-state index contributed by atoms with van der Waals surface area (Å²) in [6, 6.07) is 8.96. The summed E-state index contributed by atoms with van der Waals surface area (Å²) in [4.78, 5) is 27.8. The fourth-order valence-corrected chi connectivity index (χ4v) is 2.39. The molecular weight excluding hydrogens is 312 g/mol. The lowest BCUT2D eigenvalue weighted by molar-refractivity contribution is -0.255. The van der Waals surface area contributed by atoms with Crippen molar-refractivity contribution in [2.75, 3.05) is 14.2 Å². The van der Waals surface area contributed by atoms with E-state index in [4.69, 9.17) is 9.47 Å². The zero-order valence-corrected chi connectivity index (χ0v) is 13.0. The van der Waals surface area contributed by atoms with Gasteiger partial charge in [0.25, 0.3) is 5.56 Å². The monoisotopic (exact) mass is 325 g/mol. The Kier molecular flexibility index (Phi) is 3.91. The number of carboxylic acids is 1. The summed E-state index contributed by atoms with van der Waals surface area (Å²) >= 11 is 0. The van der Waals surface area contributed by atoms with E-state index in [-0.39, 0.29) is 11.1 Å². The number of carbonyl (C=O) groups is 1. The Morgan fingerprint density at radius 2 is 1.71 bits per heavy atom. The largest absolute Gasteiger partial charge is 0.545 e. The maximum atomic E-state index is 12.7. The van der Waals surface area contributed by atoms with Crippen molar-refractivity contribution in [3.05, 3.63) is 58.6 Å². The second-order valence-corrected chi connectivity index (χ2v) is 4.98. The quantitative estimate of drug-likeness (QED) is 0.703. The molecule has 3 aromatic rings. The fraction of sp³-hybridized carbons (Fsp3) is 0.118. The zero-order chi connectivity index (χ0) is 17.3. The van der Waals surface area contributed by atoms with Crippen LogP contribution in [-0.2, 0) is 0 Å². The van der Waals surface area contributed by atoms with Gasteiger partial charge in [-0.05, 0) is 23.8 Å². The van der Waals surface area contributed by atoms with Crippen LogP contribution in [-0.4, -0.2) is 29.7 Å². The number of hydrogen-bond acceptors (Lipinski definition) is 6. The Balaban J connectivity index is 2.18. The molecule has 0 unspecified atom stereocenters. The molecule has 7 nitrogen and oxygen atoms in total. The zero-order valence-electron chi connectivity index (χ0n) is 13.0.